The first-order valence-electron chi connectivity index (χ1n) is 16.1. The third kappa shape index (κ3) is 12.5. The lowest BCUT2D eigenvalue weighted by Gasteiger charge is -2.36. The van der Waals surface area contributed by atoms with E-state index in [1.807, 2.05) is 38.1 Å². The first-order chi connectivity index (χ1) is 19.4. The van der Waals surface area contributed by atoms with Gasteiger partial charge < -0.3 is 20.3 Å². The average molecular weight is 572 g/mol. The van der Waals surface area contributed by atoms with Gasteiger partial charge in [0.15, 0.2) is 0 Å². The maximum absolute atomic E-state index is 14.4. The SMILES string of the molecule is CCCCCCCN(C(=O)C(CC(C)C)NC(=O)OC(C)(C)C)C(C(=O)NC1CCCCC1)c1ccc(CC)cc1. The Balaban J connectivity index is 2.46. The van der Waals surface area contributed by atoms with Crippen LogP contribution in [-0.2, 0) is 20.7 Å². The molecule has 0 radical (unpaired) electrons. The standard InChI is InChI=1S/C34H57N3O4/c1-8-10-11-12-16-23-37(32(39)29(24-25(3)4)36-33(40)41-34(5,6)7)30(27-21-19-26(9-2)20-22-27)31(38)35-28-17-14-13-15-18-28/h19-22,25,28-30H,8-18,23-24H2,1-7H3,(H,35,38)(H,36,40). The van der Waals surface area contributed by atoms with Crippen molar-refractivity contribution in [3.8, 4) is 0 Å². The Bertz CT molecular complexity index is 932. The molecule has 2 atom stereocenters. The van der Waals surface area contributed by atoms with Crippen LogP contribution < -0.4 is 10.6 Å². The van der Waals surface area contributed by atoms with Crippen molar-refractivity contribution in [3.05, 3.63) is 35.4 Å². The molecule has 1 aliphatic rings. The van der Waals surface area contributed by atoms with E-state index in [1.54, 1.807) is 25.7 Å². The predicted octanol–water partition coefficient (Wildman–Crippen LogP) is 7.48. The summed E-state index contributed by atoms with van der Waals surface area (Å²) in [6.07, 6.45) is 11.2. The summed E-state index contributed by atoms with van der Waals surface area (Å²) in [5.74, 6) is -0.212. The summed E-state index contributed by atoms with van der Waals surface area (Å²) in [5, 5.41) is 6.16. The van der Waals surface area contributed by atoms with Crippen LogP contribution in [-0.4, -0.2) is 47.0 Å². The van der Waals surface area contributed by atoms with Crippen LogP contribution in [0.25, 0.3) is 0 Å². The monoisotopic (exact) mass is 571 g/mol. The summed E-state index contributed by atoms with van der Waals surface area (Å²) >= 11 is 0. The van der Waals surface area contributed by atoms with Crippen molar-refractivity contribution in [3.63, 3.8) is 0 Å². The fourth-order valence-corrected chi connectivity index (χ4v) is 5.53. The molecule has 41 heavy (non-hydrogen) atoms. The minimum atomic E-state index is -0.791. The van der Waals surface area contributed by atoms with Crippen LogP contribution in [0.1, 0.15) is 136 Å². The number of unbranched alkanes of at least 4 members (excludes halogenated alkanes) is 4. The second-order valence-corrected chi connectivity index (χ2v) is 13.1. The molecule has 2 N–H and O–H groups in total. The van der Waals surface area contributed by atoms with Crippen LogP contribution in [0, 0.1) is 5.92 Å². The minimum Gasteiger partial charge on any atom is -0.444 e. The highest BCUT2D eigenvalue weighted by atomic mass is 16.6. The summed E-state index contributed by atoms with van der Waals surface area (Å²) in [6.45, 7) is 14.2. The van der Waals surface area contributed by atoms with Gasteiger partial charge >= 0.3 is 6.09 Å². The molecule has 7 heteroatoms. The molecule has 7 nitrogen and oxygen atoms in total. The fraction of sp³-hybridized carbons (Fsp3) is 0.735. The van der Waals surface area contributed by atoms with Crippen molar-refractivity contribution in [2.75, 3.05) is 6.54 Å². The number of carbonyl (C=O) groups is 3. The highest BCUT2D eigenvalue weighted by molar-refractivity contribution is 5.92. The molecular weight excluding hydrogens is 514 g/mol. The average Bonchev–Trinajstić information content (AvgIpc) is 2.91. The fourth-order valence-electron chi connectivity index (χ4n) is 5.53. The number of hydrogen-bond donors (Lipinski definition) is 2. The van der Waals surface area contributed by atoms with Crippen molar-refractivity contribution in [2.45, 2.75) is 149 Å². The maximum Gasteiger partial charge on any atom is 0.408 e. The molecular formula is C34H57N3O4. The van der Waals surface area contributed by atoms with E-state index in [0.717, 1.165) is 69.8 Å². The van der Waals surface area contributed by atoms with E-state index in [-0.39, 0.29) is 23.8 Å². The van der Waals surface area contributed by atoms with Crippen LogP contribution in [0.5, 0.6) is 0 Å². The molecule has 0 saturated heterocycles. The second-order valence-electron chi connectivity index (χ2n) is 13.1. The number of aryl methyl sites for hydroxylation is 1. The molecule has 232 valence electrons. The zero-order valence-electron chi connectivity index (χ0n) is 26.9. The predicted molar refractivity (Wildman–Crippen MR) is 167 cm³/mol. The number of rotatable bonds is 15. The van der Waals surface area contributed by atoms with Crippen LogP contribution in [0.2, 0.25) is 0 Å². The van der Waals surface area contributed by atoms with Crippen LogP contribution in [0.3, 0.4) is 0 Å². The Morgan fingerprint density at radius 3 is 2.15 bits per heavy atom. The van der Waals surface area contributed by atoms with E-state index < -0.39 is 23.8 Å². The largest absolute Gasteiger partial charge is 0.444 e. The van der Waals surface area contributed by atoms with Crippen molar-refractivity contribution >= 4 is 17.9 Å². The van der Waals surface area contributed by atoms with Crippen molar-refractivity contribution in [2.24, 2.45) is 5.92 Å². The second kappa shape index (κ2) is 17.4. The van der Waals surface area contributed by atoms with Crippen LogP contribution in [0.4, 0.5) is 4.79 Å². The van der Waals surface area contributed by atoms with E-state index in [0.29, 0.717) is 13.0 Å². The Morgan fingerprint density at radius 1 is 0.951 bits per heavy atom. The van der Waals surface area contributed by atoms with Crippen molar-refractivity contribution in [1.29, 1.82) is 0 Å². The van der Waals surface area contributed by atoms with Gasteiger partial charge in [-0.3, -0.25) is 9.59 Å². The summed E-state index contributed by atoms with van der Waals surface area (Å²) < 4.78 is 5.52. The Hall–Kier alpha value is -2.57. The van der Waals surface area contributed by atoms with E-state index in [1.165, 1.54) is 12.0 Å². The normalized spacial score (nSPS) is 15.7. The van der Waals surface area contributed by atoms with Gasteiger partial charge in [-0.25, -0.2) is 4.79 Å². The highest BCUT2D eigenvalue weighted by Crippen LogP contribution is 2.27. The highest BCUT2D eigenvalue weighted by Gasteiger charge is 2.37. The van der Waals surface area contributed by atoms with E-state index in [2.05, 4.69) is 24.5 Å². The van der Waals surface area contributed by atoms with Gasteiger partial charge in [0.2, 0.25) is 11.8 Å². The molecule has 2 rings (SSSR count). The maximum atomic E-state index is 14.4. The molecule has 0 spiro atoms. The van der Waals surface area contributed by atoms with Gasteiger partial charge in [0, 0.05) is 12.6 Å². The van der Waals surface area contributed by atoms with E-state index in [9.17, 15) is 14.4 Å². The van der Waals surface area contributed by atoms with Gasteiger partial charge in [0.25, 0.3) is 0 Å². The molecule has 0 aliphatic heterocycles. The van der Waals surface area contributed by atoms with Crippen molar-refractivity contribution in [1.82, 2.24) is 15.5 Å². The van der Waals surface area contributed by atoms with Crippen LogP contribution in [0.15, 0.2) is 24.3 Å². The quantitative estimate of drug-likeness (QED) is 0.214. The zero-order chi connectivity index (χ0) is 30.4. The van der Waals surface area contributed by atoms with E-state index >= 15 is 0 Å². The van der Waals surface area contributed by atoms with Gasteiger partial charge in [-0.05, 0) is 69.9 Å². The molecule has 2 unspecified atom stereocenters. The number of ether oxygens (including phenoxy) is 1. The lowest BCUT2D eigenvalue weighted by atomic mass is 9.94. The Kier molecular flexibility index (Phi) is 14.7. The number of carbonyl (C=O) groups excluding carboxylic acids is 3. The zero-order valence-corrected chi connectivity index (χ0v) is 26.9. The Labute approximate surface area is 249 Å². The molecule has 1 fully saturated rings. The van der Waals surface area contributed by atoms with Gasteiger partial charge in [-0.1, -0.05) is 96.9 Å². The van der Waals surface area contributed by atoms with E-state index in [4.69, 9.17) is 4.74 Å². The summed E-state index contributed by atoms with van der Waals surface area (Å²) in [4.78, 5) is 43.1. The molecule has 0 bridgehead atoms. The number of nitrogens with zero attached hydrogens (tertiary/aromatic N) is 1. The number of alkyl carbamates (subject to hydrolysis) is 1. The lowest BCUT2D eigenvalue weighted by molar-refractivity contribution is -0.143. The van der Waals surface area contributed by atoms with Gasteiger partial charge in [0.1, 0.15) is 17.7 Å². The van der Waals surface area contributed by atoms with Gasteiger partial charge in [0.05, 0.1) is 0 Å². The smallest absolute Gasteiger partial charge is 0.408 e. The first kappa shape index (κ1) is 34.6. The molecule has 1 aromatic rings. The van der Waals surface area contributed by atoms with Crippen molar-refractivity contribution < 1.29 is 19.1 Å². The van der Waals surface area contributed by atoms with Gasteiger partial charge in [-0.15, -0.1) is 0 Å². The summed E-state index contributed by atoms with van der Waals surface area (Å²) in [6, 6.07) is 6.63. The third-order valence-corrected chi connectivity index (χ3v) is 7.70. The number of benzene rings is 1. The molecule has 0 heterocycles. The minimum absolute atomic E-state index is 0.126. The topological polar surface area (TPSA) is 87.7 Å². The van der Waals surface area contributed by atoms with Gasteiger partial charge in [-0.2, -0.15) is 0 Å². The number of amides is 3. The summed E-state index contributed by atoms with van der Waals surface area (Å²) in [5.41, 5.74) is 1.30. The lowest BCUT2D eigenvalue weighted by Crippen LogP contribution is -2.54. The molecule has 1 aromatic carbocycles. The summed E-state index contributed by atoms with van der Waals surface area (Å²) in [7, 11) is 0. The van der Waals surface area contributed by atoms with Crippen LogP contribution >= 0.6 is 0 Å². The number of nitrogens with one attached hydrogen (secondary N) is 2. The third-order valence-electron chi connectivity index (χ3n) is 7.70. The molecule has 1 aliphatic carbocycles. The number of hydrogen-bond acceptors (Lipinski definition) is 4. The molecule has 0 aromatic heterocycles. The molecule has 3 amide bonds. The first-order valence-corrected chi connectivity index (χ1v) is 16.1. The Morgan fingerprint density at radius 2 is 1.59 bits per heavy atom. The molecule has 1 saturated carbocycles.